The number of hydrogen-bond donors (Lipinski definition) is 2. The molecule has 0 aliphatic carbocycles. The van der Waals surface area contributed by atoms with Crippen molar-refractivity contribution in [2.45, 2.75) is 16.6 Å². The van der Waals surface area contributed by atoms with Crippen LogP contribution in [0.4, 0.5) is 0 Å². The highest BCUT2D eigenvalue weighted by molar-refractivity contribution is 8.01. The van der Waals surface area contributed by atoms with Crippen LogP contribution >= 0.6 is 11.8 Å². The lowest BCUT2D eigenvalue weighted by atomic mass is 10.1. The Hall–Kier alpha value is -1.53. The van der Waals surface area contributed by atoms with Crippen LogP contribution in [0.5, 0.6) is 0 Å². The smallest absolute Gasteiger partial charge is 0.239 e. The summed E-state index contributed by atoms with van der Waals surface area (Å²) >= 11 is 1.55. The molecule has 1 unspecified atom stereocenters. The van der Waals surface area contributed by atoms with Gasteiger partial charge in [-0.3, -0.25) is 9.59 Å². The van der Waals surface area contributed by atoms with Gasteiger partial charge in [-0.05, 0) is 18.1 Å². The lowest BCUT2D eigenvalue weighted by Crippen LogP contribution is -2.41. The Morgan fingerprint density at radius 1 is 1.35 bits per heavy atom. The fourth-order valence-corrected chi connectivity index (χ4v) is 3.18. The van der Waals surface area contributed by atoms with Gasteiger partial charge in [0.05, 0.1) is 18.4 Å². The molecule has 2 N–H and O–H groups in total. The Morgan fingerprint density at radius 3 is 2.90 bits per heavy atom. The first-order valence-corrected chi connectivity index (χ1v) is 7.36. The largest absolute Gasteiger partial charge is 0.383 e. The highest BCUT2D eigenvalue weighted by atomic mass is 32.2. The average Bonchev–Trinajstić information content (AvgIpc) is 2.89. The number of fused-ring (bicyclic) bond motifs is 1. The van der Waals surface area contributed by atoms with Gasteiger partial charge in [0.15, 0.2) is 0 Å². The van der Waals surface area contributed by atoms with Crippen LogP contribution in [0.25, 0.3) is 0 Å². The lowest BCUT2D eigenvalue weighted by molar-refractivity contribution is -0.125. The van der Waals surface area contributed by atoms with E-state index in [9.17, 15) is 9.59 Å². The van der Waals surface area contributed by atoms with Gasteiger partial charge in [0.1, 0.15) is 0 Å². The maximum absolute atomic E-state index is 12.0. The second-order valence-electron chi connectivity index (χ2n) is 4.48. The number of amides is 2. The number of carbonyl (C=O) groups is 2. The molecule has 1 aromatic rings. The van der Waals surface area contributed by atoms with Crippen LogP contribution in [-0.2, 0) is 20.7 Å². The fourth-order valence-electron chi connectivity index (χ4n) is 1.96. The molecule has 0 spiro atoms. The van der Waals surface area contributed by atoms with Gasteiger partial charge >= 0.3 is 0 Å². The Kier molecular flexibility index (Phi) is 5.43. The van der Waals surface area contributed by atoms with Crippen molar-refractivity contribution in [2.75, 3.05) is 26.8 Å². The Morgan fingerprint density at radius 2 is 2.15 bits per heavy atom. The van der Waals surface area contributed by atoms with E-state index in [0.717, 1.165) is 11.3 Å². The van der Waals surface area contributed by atoms with E-state index in [1.165, 1.54) is 5.56 Å². The molecule has 1 aromatic carbocycles. The van der Waals surface area contributed by atoms with E-state index in [0.29, 0.717) is 13.2 Å². The first-order valence-electron chi connectivity index (χ1n) is 6.48. The quantitative estimate of drug-likeness (QED) is 0.753. The van der Waals surface area contributed by atoms with E-state index in [-0.39, 0.29) is 23.6 Å². The van der Waals surface area contributed by atoms with Gasteiger partial charge in [0.25, 0.3) is 0 Å². The van der Waals surface area contributed by atoms with Crippen molar-refractivity contribution >= 4 is 23.6 Å². The van der Waals surface area contributed by atoms with Crippen LogP contribution < -0.4 is 10.6 Å². The van der Waals surface area contributed by atoms with Gasteiger partial charge in [-0.1, -0.05) is 18.2 Å². The van der Waals surface area contributed by atoms with Crippen molar-refractivity contribution in [3.05, 3.63) is 29.8 Å². The molecular weight excluding hydrogens is 276 g/mol. The minimum absolute atomic E-state index is 0.00987. The number of methoxy groups -OCH3 is 1. The number of ether oxygens (including phenoxy) is 1. The lowest BCUT2D eigenvalue weighted by Gasteiger charge is -2.10. The van der Waals surface area contributed by atoms with E-state index in [1.54, 1.807) is 18.9 Å². The summed E-state index contributed by atoms with van der Waals surface area (Å²) in [4.78, 5) is 24.6. The number of carbonyl (C=O) groups excluding carboxylic acids is 2. The van der Waals surface area contributed by atoms with E-state index in [4.69, 9.17) is 4.74 Å². The van der Waals surface area contributed by atoms with Crippen molar-refractivity contribution in [3.63, 3.8) is 0 Å². The maximum atomic E-state index is 12.0. The Balaban J connectivity index is 1.73. The van der Waals surface area contributed by atoms with Gasteiger partial charge in [-0.2, -0.15) is 0 Å². The van der Waals surface area contributed by atoms with Crippen molar-refractivity contribution in [1.82, 2.24) is 10.6 Å². The standard InChI is InChI=1S/C14H18N2O3S/c1-19-7-6-15-13(17)9-16-14(18)12-8-10-4-2-3-5-11(10)20-12/h2-5,12H,6-9H2,1H3,(H,15,17)(H,16,18). The van der Waals surface area contributed by atoms with Crippen molar-refractivity contribution in [3.8, 4) is 0 Å². The van der Waals surface area contributed by atoms with Crippen LogP contribution in [-0.4, -0.2) is 43.9 Å². The number of thioether (sulfide) groups is 1. The molecule has 1 aliphatic rings. The van der Waals surface area contributed by atoms with Gasteiger partial charge in [-0.25, -0.2) is 0 Å². The zero-order valence-corrected chi connectivity index (χ0v) is 12.2. The number of benzene rings is 1. The maximum Gasteiger partial charge on any atom is 0.239 e. The predicted octanol–water partition coefficient (Wildman–Crippen LogP) is 0.582. The predicted molar refractivity (Wildman–Crippen MR) is 77.7 cm³/mol. The molecule has 0 aromatic heterocycles. The first-order chi connectivity index (χ1) is 9.70. The zero-order chi connectivity index (χ0) is 14.4. The van der Waals surface area contributed by atoms with Gasteiger partial charge in [-0.15, -0.1) is 11.8 Å². The summed E-state index contributed by atoms with van der Waals surface area (Å²) in [6.07, 6.45) is 0.720. The van der Waals surface area contributed by atoms with Crippen LogP contribution in [0.2, 0.25) is 0 Å². The molecule has 108 valence electrons. The summed E-state index contributed by atoms with van der Waals surface area (Å²) in [6.45, 7) is 0.929. The van der Waals surface area contributed by atoms with Gasteiger partial charge < -0.3 is 15.4 Å². The molecule has 0 radical (unpaired) electrons. The van der Waals surface area contributed by atoms with Crippen molar-refractivity contribution < 1.29 is 14.3 Å². The molecule has 1 heterocycles. The van der Waals surface area contributed by atoms with Crippen molar-refractivity contribution in [1.29, 1.82) is 0 Å². The van der Waals surface area contributed by atoms with Crippen molar-refractivity contribution in [2.24, 2.45) is 0 Å². The monoisotopic (exact) mass is 294 g/mol. The summed E-state index contributed by atoms with van der Waals surface area (Å²) < 4.78 is 4.83. The molecule has 1 aliphatic heterocycles. The fraction of sp³-hybridized carbons (Fsp3) is 0.429. The minimum atomic E-state index is -0.198. The second kappa shape index (κ2) is 7.31. The topological polar surface area (TPSA) is 67.4 Å². The minimum Gasteiger partial charge on any atom is -0.383 e. The highest BCUT2D eigenvalue weighted by Crippen LogP contribution is 2.36. The highest BCUT2D eigenvalue weighted by Gasteiger charge is 2.27. The first kappa shape index (κ1) is 14.9. The molecular formula is C14H18N2O3S. The summed E-state index contributed by atoms with van der Waals surface area (Å²) in [5.41, 5.74) is 1.20. The molecule has 2 rings (SSSR count). The number of hydrogen-bond acceptors (Lipinski definition) is 4. The molecule has 5 nitrogen and oxygen atoms in total. The Bertz CT molecular complexity index is 468. The molecule has 0 saturated carbocycles. The van der Waals surface area contributed by atoms with Crippen LogP contribution in [0.1, 0.15) is 5.56 Å². The average molecular weight is 294 g/mol. The Labute approximate surface area is 122 Å². The third kappa shape index (κ3) is 3.98. The van der Waals surface area contributed by atoms with Gasteiger partial charge in [0, 0.05) is 18.6 Å². The van der Waals surface area contributed by atoms with E-state index in [1.807, 2.05) is 24.3 Å². The summed E-state index contributed by atoms with van der Waals surface area (Å²) in [6, 6.07) is 8.00. The summed E-state index contributed by atoms with van der Waals surface area (Å²) in [5, 5.41) is 5.20. The normalized spacial score (nSPS) is 16.6. The summed E-state index contributed by atoms with van der Waals surface area (Å²) in [7, 11) is 1.57. The third-order valence-electron chi connectivity index (χ3n) is 2.99. The van der Waals surface area contributed by atoms with Crippen LogP contribution in [0.15, 0.2) is 29.2 Å². The molecule has 20 heavy (non-hydrogen) atoms. The third-order valence-corrected chi connectivity index (χ3v) is 4.31. The molecule has 0 fully saturated rings. The second-order valence-corrected chi connectivity index (χ2v) is 5.72. The molecule has 0 bridgehead atoms. The SMILES string of the molecule is COCCNC(=O)CNC(=O)C1Cc2ccccc2S1. The van der Waals surface area contributed by atoms with E-state index >= 15 is 0 Å². The number of nitrogens with one attached hydrogen (secondary N) is 2. The zero-order valence-electron chi connectivity index (χ0n) is 11.3. The molecule has 6 heteroatoms. The molecule has 1 atom stereocenters. The molecule has 2 amide bonds. The van der Waals surface area contributed by atoms with E-state index < -0.39 is 0 Å². The van der Waals surface area contributed by atoms with E-state index in [2.05, 4.69) is 10.6 Å². The van der Waals surface area contributed by atoms with Crippen LogP contribution in [0, 0.1) is 0 Å². The molecule has 0 saturated heterocycles. The summed E-state index contributed by atoms with van der Waals surface area (Å²) in [5.74, 6) is -0.288. The van der Waals surface area contributed by atoms with Gasteiger partial charge in [0.2, 0.25) is 11.8 Å². The number of rotatable bonds is 6. The van der Waals surface area contributed by atoms with Crippen LogP contribution in [0.3, 0.4) is 0 Å².